The van der Waals surface area contributed by atoms with Gasteiger partial charge in [0.05, 0.1) is 16.8 Å². The Labute approximate surface area is 90.4 Å². The SMILES string of the molecule is c1csc(-c2occc2-c2ccn[nH]2)c1. The summed E-state index contributed by atoms with van der Waals surface area (Å²) in [5, 5.41) is 8.91. The Kier molecular flexibility index (Phi) is 1.93. The van der Waals surface area contributed by atoms with Gasteiger partial charge < -0.3 is 4.42 Å². The molecule has 4 heteroatoms. The summed E-state index contributed by atoms with van der Waals surface area (Å²) in [6.07, 6.45) is 3.44. The Morgan fingerprint density at radius 2 is 2.27 bits per heavy atom. The Bertz CT molecular complexity index is 488. The maximum atomic E-state index is 5.50. The van der Waals surface area contributed by atoms with Crippen LogP contribution in [0.15, 0.2) is 46.5 Å². The zero-order valence-corrected chi connectivity index (χ0v) is 8.62. The normalized spacial score (nSPS) is 10.7. The fourth-order valence-electron chi connectivity index (χ4n) is 1.53. The average Bonchev–Trinajstić information content (AvgIpc) is 3.01. The van der Waals surface area contributed by atoms with E-state index in [4.69, 9.17) is 4.42 Å². The molecule has 0 radical (unpaired) electrons. The third-order valence-electron chi connectivity index (χ3n) is 2.20. The molecule has 0 fully saturated rings. The van der Waals surface area contributed by atoms with Crippen molar-refractivity contribution < 1.29 is 4.42 Å². The smallest absolute Gasteiger partial charge is 0.153 e. The van der Waals surface area contributed by atoms with Gasteiger partial charge in [-0.2, -0.15) is 5.10 Å². The number of furan rings is 1. The van der Waals surface area contributed by atoms with Crippen LogP contribution in [0.3, 0.4) is 0 Å². The van der Waals surface area contributed by atoms with E-state index in [0.29, 0.717) is 0 Å². The first-order valence-electron chi connectivity index (χ1n) is 4.56. The molecule has 3 heterocycles. The molecule has 3 aromatic rings. The van der Waals surface area contributed by atoms with Gasteiger partial charge in [0.15, 0.2) is 5.76 Å². The van der Waals surface area contributed by atoms with Crippen LogP contribution in [0.1, 0.15) is 0 Å². The van der Waals surface area contributed by atoms with E-state index in [1.807, 2.05) is 29.6 Å². The minimum absolute atomic E-state index is 0.897. The zero-order chi connectivity index (χ0) is 10.1. The molecule has 15 heavy (non-hydrogen) atoms. The predicted octanol–water partition coefficient (Wildman–Crippen LogP) is 3.40. The van der Waals surface area contributed by atoms with Gasteiger partial charge in [-0.25, -0.2) is 0 Å². The Hall–Kier alpha value is -1.81. The second-order valence-electron chi connectivity index (χ2n) is 3.11. The lowest BCUT2D eigenvalue weighted by Gasteiger charge is -1.96. The van der Waals surface area contributed by atoms with Crippen LogP contribution in [-0.4, -0.2) is 10.2 Å². The van der Waals surface area contributed by atoms with Gasteiger partial charge in [-0.1, -0.05) is 6.07 Å². The predicted molar refractivity (Wildman–Crippen MR) is 59.6 cm³/mol. The molecule has 1 N–H and O–H groups in total. The van der Waals surface area contributed by atoms with E-state index in [1.54, 1.807) is 23.8 Å². The van der Waals surface area contributed by atoms with Crippen LogP contribution in [0, 0.1) is 0 Å². The van der Waals surface area contributed by atoms with Crippen LogP contribution in [-0.2, 0) is 0 Å². The largest absolute Gasteiger partial charge is 0.463 e. The summed E-state index contributed by atoms with van der Waals surface area (Å²) in [5.74, 6) is 0.897. The molecule has 0 aromatic carbocycles. The minimum Gasteiger partial charge on any atom is -0.463 e. The third kappa shape index (κ3) is 1.39. The van der Waals surface area contributed by atoms with Crippen molar-refractivity contribution in [2.75, 3.05) is 0 Å². The van der Waals surface area contributed by atoms with Crippen LogP contribution in [0.2, 0.25) is 0 Å². The summed E-state index contributed by atoms with van der Waals surface area (Å²) < 4.78 is 5.50. The fraction of sp³-hybridized carbons (Fsp3) is 0. The molecule has 0 aliphatic carbocycles. The topological polar surface area (TPSA) is 41.8 Å². The van der Waals surface area contributed by atoms with Gasteiger partial charge in [-0.05, 0) is 23.6 Å². The van der Waals surface area contributed by atoms with Crippen molar-refractivity contribution in [1.29, 1.82) is 0 Å². The Morgan fingerprint density at radius 1 is 1.27 bits per heavy atom. The molecule has 0 saturated carbocycles. The number of hydrogen-bond acceptors (Lipinski definition) is 3. The summed E-state index contributed by atoms with van der Waals surface area (Å²) in [6, 6.07) is 7.94. The lowest BCUT2D eigenvalue weighted by molar-refractivity contribution is 0.584. The molecule has 3 nitrogen and oxygen atoms in total. The van der Waals surface area contributed by atoms with E-state index in [-0.39, 0.29) is 0 Å². The summed E-state index contributed by atoms with van der Waals surface area (Å²) in [6.45, 7) is 0. The van der Waals surface area contributed by atoms with Crippen LogP contribution < -0.4 is 0 Å². The second kappa shape index (κ2) is 3.40. The van der Waals surface area contributed by atoms with Crippen LogP contribution >= 0.6 is 11.3 Å². The Balaban J connectivity index is 2.15. The molecular formula is C11H8N2OS. The molecule has 0 saturated heterocycles. The number of thiophene rings is 1. The number of nitrogens with zero attached hydrogens (tertiary/aromatic N) is 1. The molecule has 74 valence electrons. The van der Waals surface area contributed by atoms with E-state index in [1.165, 1.54) is 0 Å². The molecular weight excluding hydrogens is 208 g/mol. The quantitative estimate of drug-likeness (QED) is 0.713. The van der Waals surface area contributed by atoms with E-state index in [0.717, 1.165) is 21.9 Å². The van der Waals surface area contributed by atoms with Crippen LogP contribution in [0.5, 0.6) is 0 Å². The van der Waals surface area contributed by atoms with Crippen molar-refractivity contribution in [3.05, 3.63) is 42.1 Å². The highest BCUT2D eigenvalue weighted by Crippen LogP contribution is 2.34. The first-order chi connectivity index (χ1) is 7.45. The van der Waals surface area contributed by atoms with Crippen LogP contribution in [0.4, 0.5) is 0 Å². The number of nitrogens with one attached hydrogen (secondary N) is 1. The molecule has 0 atom stereocenters. The lowest BCUT2D eigenvalue weighted by Crippen LogP contribution is -1.77. The molecule has 0 unspecified atom stereocenters. The van der Waals surface area contributed by atoms with Gasteiger partial charge in [-0.3, -0.25) is 5.10 Å². The zero-order valence-electron chi connectivity index (χ0n) is 7.81. The summed E-state index contributed by atoms with van der Waals surface area (Å²) >= 11 is 1.66. The minimum atomic E-state index is 0.897. The van der Waals surface area contributed by atoms with Crippen LogP contribution in [0.25, 0.3) is 21.9 Å². The van der Waals surface area contributed by atoms with Crippen molar-refractivity contribution >= 4 is 11.3 Å². The molecule has 0 aliphatic heterocycles. The van der Waals surface area contributed by atoms with Crippen molar-refractivity contribution in [3.63, 3.8) is 0 Å². The van der Waals surface area contributed by atoms with Gasteiger partial charge in [-0.15, -0.1) is 11.3 Å². The van der Waals surface area contributed by atoms with Gasteiger partial charge in [0.1, 0.15) is 0 Å². The number of hydrogen-bond donors (Lipinski definition) is 1. The van der Waals surface area contributed by atoms with Gasteiger partial charge in [0.2, 0.25) is 0 Å². The number of aromatic nitrogens is 2. The van der Waals surface area contributed by atoms with Gasteiger partial charge in [0, 0.05) is 11.8 Å². The van der Waals surface area contributed by atoms with E-state index in [2.05, 4.69) is 10.2 Å². The van der Waals surface area contributed by atoms with Crippen molar-refractivity contribution in [2.24, 2.45) is 0 Å². The second-order valence-corrected chi connectivity index (χ2v) is 4.06. The highest BCUT2D eigenvalue weighted by atomic mass is 32.1. The van der Waals surface area contributed by atoms with Gasteiger partial charge in [0.25, 0.3) is 0 Å². The molecule has 3 rings (SSSR count). The van der Waals surface area contributed by atoms with E-state index < -0.39 is 0 Å². The monoisotopic (exact) mass is 216 g/mol. The first kappa shape index (κ1) is 8.49. The molecule has 3 aromatic heterocycles. The lowest BCUT2D eigenvalue weighted by atomic mass is 10.1. The standard InChI is InChI=1S/C11H8N2OS/c1-2-10(15-7-1)11-8(4-6-14-11)9-3-5-12-13-9/h1-7H,(H,12,13). The maximum absolute atomic E-state index is 5.50. The Morgan fingerprint density at radius 3 is 3.00 bits per heavy atom. The summed E-state index contributed by atoms with van der Waals surface area (Å²) in [5.41, 5.74) is 2.03. The molecule has 0 amide bonds. The van der Waals surface area contributed by atoms with Crippen molar-refractivity contribution in [2.45, 2.75) is 0 Å². The average molecular weight is 216 g/mol. The maximum Gasteiger partial charge on any atom is 0.153 e. The molecule has 0 bridgehead atoms. The highest BCUT2D eigenvalue weighted by Gasteiger charge is 2.12. The highest BCUT2D eigenvalue weighted by molar-refractivity contribution is 7.13. The number of aromatic amines is 1. The van der Waals surface area contributed by atoms with E-state index in [9.17, 15) is 0 Å². The summed E-state index contributed by atoms with van der Waals surface area (Å²) in [7, 11) is 0. The van der Waals surface area contributed by atoms with Gasteiger partial charge >= 0.3 is 0 Å². The van der Waals surface area contributed by atoms with E-state index >= 15 is 0 Å². The number of H-pyrrole nitrogens is 1. The fourth-order valence-corrected chi connectivity index (χ4v) is 2.25. The first-order valence-corrected chi connectivity index (χ1v) is 5.44. The molecule has 0 aliphatic rings. The molecule has 0 spiro atoms. The number of rotatable bonds is 2. The summed E-state index contributed by atoms with van der Waals surface area (Å²) in [4.78, 5) is 1.13. The van der Waals surface area contributed by atoms with Crippen molar-refractivity contribution in [1.82, 2.24) is 10.2 Å². The third-order valence-corrected chi connectivity index (χ3v) is 3.07. The van der Waals surface area contributed by atoms with Crippen molar-refractivity contribution in [3.8, 4) is 21.9 Å².